The Hall–Kier alpha value is -0.900. The minimum atomic E-state index is 0.547. The van der Waals surface area contributed by atoms with Gasteiger partial charge in [0.05, 0.1) is 0 Å². The van der Waals surface area contributed by atoms with Crippen molar-refractivity contribution in [2.75, 3.05) is 0 Å². The molecule has 4 heteroatoms. The first kappa shape index (κ1) is 9.65. The molecule has 0 aliphatic rings. The first-order valence-electron chi connectivity index (χ1n) is 4.20. The lowest BCUT2D eigenvalue weighted by Crippen LogP contribution is -1.91. The summed E-state index contributed by atoms with van der Waals surface area (Å²) in [5.74, 6) is 0. The molecule has 0 aliphatic carbocycles. The Labute approximate surface area is 91.4 Å². The van der Waals surface area contributed by atoms with Crippen molar-refractivity contribution in [3.63, 3.8) is 0 Å². The number of rotatable bonds is 2. The topological polar surface area (TPSA) is 38.9 Å². The van der Waals surface area contributed by atoms with Gasteiger partial charge in [-0.3, -0.25) is 0 Å². The standard InChI is InChI=1S/C10H9ClN2S/c11-8-3-1-7(2-4-8)10-13-6-9(5-12)14-10/h1-4,6H,5,12H2. The van der Waals surface area contributed by atoms with Crippen molar-refractivity contribution in [1.29, 1.82) is 0 Å². The minimum Gasteiger partial charge on any atom is -0.326 e. The van der Waals surface area contributed by atoms with Crippen LogP contribution in [0.25, 0.3) is 10.6 Å². The first-order valence-corrected chi connectivity index (χ1v) is 5.40. The van der Waals surface area contributed by atoms with Crippen molar-refractivity contribution < 1.29 is 0 Å². The second-order valence-electron chi connectivity index (χ2n) is 2.84. The van der Waals surface area contributed by atoms with E-state index in [2.05, 4.69) is 4.98 Å². The number of halogens is 1. The quantitative estimate of drug-likeness (QED) is 0.852. The third-order valence-electron chi connectivity index (χ3n) is 1.85. The zero-order valence-electron chi connectivity index (χ0n) is 7.40. The van der Waals surface area contributed by atoms with Gasteiger partial charge in [0.15, 0.2) is 0 Å². The predicted octanol–water partition coefficient (Wildman–Crippen LogP) is 2.92. The molecule has 0 saturated heterocycles. The summed E-state index contributed by atoms with van der Waals surface area (Å²) in [5.41, 5.74) is 6.60. The molecule has 2 N–H and O–H groups in total. The molecule has 1 aromatic heterocycles. The molecule has 0 spiro atoms. The Kier molecular flexibility index (Phi) is 2.82. The SMILES string of the molecule is NCc1cnc(-c2ccc(Cl)cc2)s1. The molecule has 0 fully saturated rings. The van der Waals surface area contributed by atoms with Crippen molar-refractivity contribution in [1.82, 2.24) is 4.98 Å². The lowest BCUT2D eigenvalue weighted by molar-refractivity contribution is 1.10. The average Bonchev–Trinajstić information content (AvgIpc) is 2.67. The fraction of sp³-hybridized carbons (Fsp3) is 0.100. The summed E-state index contributed by atoms with van der Waals surface area (Å²) in [7, 11) is 0. The summed E-state index contributed by atoms with van der Waals surface area (Å²) in [4.78, 5) is 5.37. The maximum atomic E-state index is 5.79. The van der Waals surface area contributed by atoms with Crippen LogP contribution in [0.4, 0.5) is 0 Å². The molecule has 0 amide bonds. The van der Waals surface area contributed by atoms with Gasteiger partial charge < -0.3 is 5.73 Å². The van der Waals surface area contributed by atoms with Crippen molar-refractivity contribution in [3.05, 3.63) is 40.4 Å². The summed E-state index contributed by atoms with van der Waals surface area (Å²) in [6, 6.07) is 7.64. The molecule has 2 rings (SSSR count). The van der Waals surface area contributed by atoms with E-state index in [1.54, 1.807) is 11.3 Å². The van der Waals surface area contributed by atoms with Crippen LogP contribution in [0.1, 0.15) is 4.88 Å². The van der Waals surface area contributed by atoms with E-state index in [-0.39, 0.29) is 0 Å². The molecular formula is C10H9ClN2S. The summed E-state index contributed by atoms with van der Waals surface area (Å²) < 4.78 is 0. The van der Waals surface area contributed by atoms with Crippen LogP contribution < -0.4 is 5.73 Å². The van der Waals surface area contributed by atoms with E-state index in [0.29, 0.717) is 6.54 Å². The molecule has 2 aromatic rings. The highest BCUT2D eigenvalue weighted by Gasteiger charge is 2.02. The molecule has 0 bridgehead atoms. The molecule has 0 unspecified atom stereocenters. The zero-order valence-corrected chi connectivity index (χ0v) is 8.98. The Morgan fingerprint density at radius 2 is 2.00 bits per heavy atom. The van der Waals surface area contributed by atoms with E-state index >= 15 is 0 Å². The molecule has 2 nitrogen and oxygen atoms in total. The predicted molar refractivity (Wildman–Crippen MR) is 60.5 cm³/mol. The van der Waals surface area contributed by atoms with E-state index < -0.39 is 0 Å². The van der Waals surface area contributed by atoms with Gasteiger partial charge in [-0.2, -0.15) is 0 Å². The van der Waals surface area contributed by atoms with Gasteiger partial charge >= 0.3 is 0 Å². The molecule has 0 saturated carbocycles. The van der Waals surface area contributed by atoms with E-state index in [4.69, 9.17) is 17.3 Å². The largest absolute Gasteiger partial charge is 0.326 e. The van der Waals surface area contributed by atoms with E-state index in [1.165, 1.54) is 0 Å². The van der Waals surface area contributed by atoms with Crippen LogP contribution in [0, 0.1) is 0 Å². The second kappa shape index (κ2) is 4.09. The zero-order chi connectivity index (χ0) is 9.97. The monoisotopic (exact) mass is 224 g/mol. The number of nitrogens with two attached hydrogens (primary N) is 1. The van der Waals surface area contributed by atoms with Gasteiger partial charge in [-0.15, -0.1) is 11.3 Å². The highest BCUT2D eigenvalue weighted by Crippen LogP contribution is 2.25. The highest BCUT2D eigenvalue weighted by molar-refractivity contribution is 7.15. The Bertz CT molecular complexity index is 422. The molecule has 72 valence electrons. The number of nitrogens with zero attached hydrogens (tertiary/aromatic N) is 1. The Balaban J connectivity index is 2.34. The van der Waals surface area contributed by atoms with E-state index in [1.807, 2.05) is 30.5 Å². The number of thiazole rings is 1. The third-order valence-corrected chi connectivity index (χ3v) is 3.17. The molecule has 1 aromatic carbocycles. The number of benzene rings is 1. The van der Waals surface area contributed by atoms with Gasteiger partial charge in [0.25, 0.3) is 0 Å². The van der Waals surface area contributed by atoms with Crippen molar-refractivity contribution in [2.24, 2.45) is 5.73 Å². The second-order valence-corrected chi connectivity index (χ2v) is 4.39. The van der Waals surface area contributed by atoms with E-state index in [9.17, 15) is 0 Å². The average molecular weight is 225 g/mol. The molecule has 0 aliphatic heterocycles. The molecule has 0 atom stereocenters. The van der Waals surface area contributed by atoms with Gasteiger partial charge in [-0.25, -0.2) is 4.98 Å². The maximum absolute atomic E-state index is 5.79. The van der Waals surface area contributed by atoms with Gasteiger partial charge in [-0.05, 0) is 12.1 Å². The van der Waals surface area contributed by atoms with Gasteiger partial charge in [0.2, 0.25) is 0 Å². The number of hydrogen-bond donors (Lipinski definition) is 1. The normalized spacial score (nSPS) is 10.4. The van der Waals surface area contributed by atoms with Crippen LogP contribution in [0.15, 0.2) is 30.5 Å². The van der Waals surface area contributed by atoms with Crippen LogP contribution in [-0.2, 0) is 6.54 Å². The summed E-state index contributed by atoms with van der Waals surface area (Å²) in [5, 5.41) is 1.73. The first-order chi connectivity index (χ1) is 6.79. The smallest absolute Gasteiger partial charge is 0.123 e. The van der Waals surface area contributed by atoms with Crippen LogP contribution in [0.5, 0.6) is 0 Å². The molecule has 0 radical (unpaired) electrons. The van der Waals surface area contributed by atoms with Gasteiger partial charge in [0, 0.05) is 28.2 Å². The third kappa shape index (κ3) is 1.95. The van der Waals surface area contributed by atoms with Crippen molar-refractivity contribution >= 4 is 22.9 Å². The van der Waals surface area contributed by atoms with Crippen LogP contribution >= 0.6 is 22.9 Å². The highest BCUT2D eigenvalue weighted by atomic mass is 35.5. The Morgan fingerprint density at radius 1 is 1.29 bits per heavy atom. The van der Waals surface area contributed by atoms with E-state index in [0.717, 1.165) is 20.5 Å². The van der Waals surface area contributed by atoms with Crippen LogP contribution in [0.2, 0.25) is 5.02 Å². The Morgan fingerprint density at radius 3 is 2.57 bits per heavy atom. The number of hydrogen-bond acceptors (Lipinski definition) is 3. The van der Waals surface area contributed by atoms with Crippen molar-refractivity contribution in [3.8, 4) is 10.6 Å². The lowest BCUT2D eigenvalue weighted by atomic mass is 10.2. The maximum Gasteiger partial charge on any atom is 0.123 e. The van der Waals surface area contributed by atoms with Crippen LogP contribution in [0.3, 0.4) is 0 Å². The minimum absolute atomic E-state index is 0.547. The van der Waals surface area contributed by atoms with Crippen molar-refractivity contribution in [2.45, 2.75) is 6.54 Å². The number of aromatic nitrogens is 1. The lowest BCUT2D eigenvalue weighted by Gasteiger charge is -1.95. The van der Waals surface area contributed by atoms with Gasteiger partial charge in [-0.1, -0.05) is 23.7 Å². The molecule has 1 heterocycles. The fourth-order valence-electron chi connectivity index (χ4n) is 1.13. The molecular weight excluding hydrogens is 216 g/mol. The summed E-state index contributed by atoms with van der Waals surface area (Å²) in [6.07, 6.45) is 1.81. The summed E-state index contributed by atoms with van der Waals surface area (Å²) in [6.45, 7) is 0.547. The van der Waals surface area contributed by atoms with Crippen LogP contribution in [-0.4, -0.2) is 4.98 Å². The molecule has 14 heavy (non-hydrogen) atoms. The van der Waals surface area contributed by atoms with Gasteiger partial charge in [0.1, 0.15) is 5.01 Å². The summed E-state index contributed by atoms with van der Waals surface area (Å²) >= 11 is 7.41. The fourth-order valence-corrected chi connectivity index (χ4v) is 2.05.